The molecule has 0 aliphatic heterocycles. The minimum atomic E-state index is -1.07. The molecule has 2 N–H and O–H groups in total. The van der Waals surface area contributed by atoms with Gasteiger partial charge in [-0.3, -0.25) is 4.79 Å². The summed E-state index contributed by atoms with van der Waals surface area (Å²) in [5.74, 6) is -1.49. The molecule has 0 unspecified atom stereocenters. The minimum Gasteiger partial charge on any atom is -0.480 e. The molecule has 1 amide bonds. The molecule has 0 saturated heterocycles. The van der Waals surface area contributed by atoms with Crippen LogP contribution in [0.3, 0.4) is 0 Å². The molecule has 98 valence electrons. The molecule has 0 radical (unpaired) electrons. The molecular formula is C11H14ClN3O3. The van der Waals surface area contributed by atoms with Crippen LogP contribution in [0.5, 0.6) is 0 Å². The molecule has 6 nitrogen and oxygen atoms in total. The average Bonchev–Trinajstić information content (AvgIpc) is 2.28. The van der Waals surface area contributed by atoms with Gasteiger partial charge in [-0.1, -0.05) is 25.4 Å². The van der Waals surface area contributed by atoms with Gasteiger partial charge in [-0.25, -0.2) is 4.79 Å². The van der Waals surface area contributed by atoms with Gasteiger partial charge in [0.2, 0.25) is 0 Å². The summed E-state index contributed by atoms with van der Waals surface area (Å²) in [5, 5.41) is 18.7. The highest BCUT2D eigenvalue weighted by atomic mass is 35.5. The van der Waals surface area contributed by atoms with E-state index in [1.165, 1.54) is 12.1 Å². The molecule has 0 spiro atoms. The van der Waals surface area contributed by atoms with Crippen molar-refractivity contribution in [3.8, 4) is 0 Å². The van der Waals surface area contributed by atoms with Crippen LogP contribution in [0.4, 0.5) is 0 Å². The fourth-order valence-corrected chi connectivity index (χ4v) is 1.46. The van der Waals surface area contributed by atoms with Gasteiger partial charge in [0.25, 0.3) is 5.91 Å². The lowest BCUT2D eigenvalue weighted by atomic mass is 10.0. The van der Waals surface area contributed by atoms with Crippen LogP contribution < -0.4 is 5.32 Å². The molecule has 18 heavy (non-hydrogen) atoms. The summed E-state index contributed by atoms with van der Waals surface area (Å²) in [6.07, 6.45) is 0.349. The van der Waals surface area contributed by atoms with Crippen LogP contribution in [0.1, 0.15) is 30.8 Å². The second-order valence-electron chi connectivity index (χ2n) is 4.24. The van der Waals surface area contributed by atoms with Crippen molar-refractivity contribution in [1.29, 1.82) is 0 Å². The summed E-state index contributed by atoms with van der Waals surface area (Å²) < 4.78 is 0. The highest BCUT2D eigenvalue weighted by Gasteiger charge is 2.22. The van der Waals surface area contributed by atoms with E-state index in [0.29, 0.717) is 6.42 Å². The van der Waals surface area contributed by atoms with E-state index in [0.717, 1.165) is 0 Å². The van der Waals surface area contributed by atoms with Crippen molar-refractivity contribution < 1.29 is 14.7 Å². The molecule has 0 aliphatic rings. The first-order chi connectivity index (χ1) is 8.40. The Hall–Kier alpha value is -1.69. The van der Waals surface area contributed by atoms with Gasteiger partial charge in [-0.05, 0) is 24.5 Å². The first-order valence-corrected chi connectivity index (χ1v) is 5.81. The molecule has 1 rings (SSSR count). The van der Waals surface area contributed by atoms with Crippen LogP contribution in [-0.2, 0) is 4.79 Å². The lowest BCUT2D eigenvalue weighted by Gasteiger charge is -2.15. The van der Waals surface area contributed by atoms with Crippen LogP contribution in [0.2, 0.25) is 5.15 Å². The smallest absolute Gasteiger partial charge is 0.326 e. The standard InChI is InChI=1S/C11H14ClN3O3/c1-6(2)5-8(11(17)18)13-10(16)7-3-4-9(12)15-14-7/h3-4,6,8H,5H2,1-2H3,(H,13,16)(H,17,18)/t8-/m1/s1. The Balaban J connectivity index is 2.72. The van der Waals surface area contributed by atoms with E-state index in [2.05, 4.69) is 15.5 Å². The van der Waals surface area contributed by atoms with Crippen molar-refractivity contribution in [3.63, 3.8) is 0 Å². The van der Waals surface area contributed by atoms with Gasteiger partial charge in [0.15, 0.2) is 10.8 Å². The molecule has 1 aromatic heterocycles. The third-order valence-corrected chi connectivity index (χ3v) is 2.38. The van der Waals surface area contributed by atoms with E-state index in [1.54, 1.807) is 0 Å². The topological polar surface area (TPSA) is 92.2 Å². The summed E-state index contributed by atoms with van der Waals surface area (Å²) >= 11 is 5.54. The number of rotatable bonds is 5. The van der Waals surface area contributed by atoms with E-state index in [4.69, 9.17) is 16.7 Å². The largest absolute Gasteiger partial charge is 0.480 e. The molecule has 0 fully saturated rings. The SMILES string of the molecule is CC(C)C[C@@H](NC(=O)c1ccc(Cl)nn1)C(=O)O. The predicted octanol–water partition coefficient (Wildman–Crippen LogP) is 1.36. The van der Waals surface area contributed by atoms with Gasteiger partial charge in [0.1, 0.15) is 6.04 Å². The maximum atomic E-state index is 11.7. The van der Waals surface area contributed by atoms with E-state index in [9.17, 15) is 9.59 Å². The molecule has 7 heteroatoms. The van der Waals surface area contributed by atoms with Crippen molar-refractivity contribution in [1.82, 2.24) is 15.5 Å². The Bertz CT molecular complexity index is 434. The highest BCUT2D eigenvalue weighted by molar-refractivity contribution is 6.29. The van der Waals surface area contributed by atoms with E-state index in [-0.39, 0.29) is 16.8 Å². The number of nitrogens with one attached hydrogen (secondary N) is 1. The molecule has 0 saturated carbocycles. The van der Waals surface area contributed by atoms with Gasteiger partial charge in [-0.2, -0.15) is 0 Å². The van der Waals surface area contributed by atoms with Gasteiger partial charge >= 0.3 is 5.97 Å². The van der Waals surface area contributed by atoms with Crippen molar-refractivity contribution in [2.45, 2.75) is 26.3 Å². The summed E-state index contributed by atoms with van der Waals surface area (Å²) in [6, 6.07) is 1.87. The van der Waals surface area contributed by atoms with Crippen molar-refractivity contribution in [2.24, 2.45) is 5.92 Å². The van der Waals surface area contributed by atoms with Crippen LogP contribution in [0, 0.1) is 5.92 Å². The number of aliphatic carboxylic acids is 1. The second kappa shape index (κ2) is 6.30. The number of carbonyl (C=O) groups is 2. The number of carboxylic acids is 1. The van der Waals surface area contributed by atoms with Crippen LogP contribution in [0.15, 0.2) is 12.1 Å². The molecule has 0 bridgehead atoms. The van der Waals surface area contributed by atoms with Crippen molar-refractivity contribution in [3.05, 3.63) is 23.0 Å². The molecule has 1 atom stereocenters. The Morgan fingerprint density at radius 3 is 2.50 bits per heavy atom. The third kappa shape index (κ3) is 4.29. The lowest BCUT2D eigenvalue weighted by molar-refractivity contribution is -0.139. The van der Waals surface area contributed by atoms with Crippen LogP contribution in [0.25, 0.3) is 0 Å². The Morgan fingerprint density at radius 1 is 1.39 bits per heavy atom. The molecule has 1 heterocycles. The van der Waals surface area contributed by atoms with Crippen molar-refractivity contribution in [2.75, 3.05) is 0 Å². The normalized spacial score (nSPS) is 12.2. The first-order valence-electron chi connectivity index (χ1n) is 5.43. The molecule has 0 aliphatic carbocycles. The van der Waals surface area contributed by atoms with Gasteiger partial charge < -0.3 is 10.4 Å². The Kier molecular flexibility index (Phi) is 5.03. The number of hydrogen-bond donors (Lipinski definition) is 2. The summed E-state index contributed by atoms with van der Waals surface area (Å²) in [4.78, 5) is 22.7. The Morgan fingerprint density at radius 2 is 2.06 bits per heavy atom. The number of carbonyl (C=O) groups excluding carboxylic acids is 1. The fourth-order valence-electron chi connectivity index (χ4n) is 1.36. The quantitative estimate of drug-likeness (QED) is 0.843. The number of nitrogens with zero attached hydrogens (tertiary/aromatic N) is 2. The number of aromatic nitrogens is 2. The van der Waals surface area contributed by atoms with Gasteiger partial charge in [0.05, 0.1) is 0 Å². The molecular weight excluding hydrogens is 258 g/mol. The fraction of sp³-hybridized carbons (Fsp3) is 0.455. The predicted molar refractivity (Wildman–Crippen MR) is 65.4 cm³/mol. The minimum absolute atomic E-state index is 0.0365. The number of hydrogen-bond acceptors (Lipinski definition) is 4. The summed E-state index contributed by atoms with van der Waals surface area (Å²) in [7, 11) is 0. The summed E-state index contributed by atoms with van der Waals surface area (Å²) in [6.45, 7) is 3.76. The van der Waals surface area contributed by atoms with E-state index >= 15 is 0 Å². The second-order valence-corrected chi connectivity index (χ2v) is 4.62. The Labute approximate surface area is 109 Å². The maximum Gasteiger partial charge on any atom is 0.326 e. The zero-order valence-electron chi connectivity index (χ0n) is 10.1. The van der Waals surface area contributed by atoms with Crippen LogP contribution >= 0.6 is 11.6 Å². The zero-order valence-corrected chi connectivity index (χ0v) is 10.8. The number of amides is 1. The van der Waals surface area contributed by atoms with Gasteiger partial charge in [-0.15, -0.1) is 10.2 Å². The van der Waals surface area contributed by atoms with E-state index < -0.39 is 17.9 Å². The summed E-state index contributed by atoms with van der Waals surface area (Å²) in [5.41, 5.74) is 0.0365. The van der Waals surface area contributed by atoms with Crippen molar-refractivity contribution >= 4 is 23.5 Å². The highest BCUT2D eigenvalue weighted by Crippen LogP contribution is 2.07. The van der Waals surface area contributed by atoms with E-state index in [1.807, 2.05) is 13.8 Å². The van der Waals surface area contributed by atoms with Crippen LogP contribution in [-0.4, -0.2) is 33.2 Å². The zero-order chi connectivity index (χ0) is 13.7. The number of carboxylic acid groups (broad SMARTS) is 1. The number of halogens is 1. The third-order valence-electron chi connectivity index (χ3n) is 2.18. The lowest BCUT2D eigenvalue weighted by Crippen LogP contribution is -2.42. The monoisotopic (exact) mass is 271 g/mol. The first kappa shape index (κ1) is 14.4. The van der Waals surface area contributed by atoms with Gasteiger partial charge in [0, 0.05) is 0 Å². The molecule has 0 aromatic carbocycles. The maximum absolute atomic E-state index is 11.7. The average molecular weight is 272 g/mol. The molecule has 1 aromatic rings.